The van der Waals surface area contributed by atoms with Gasteiger partial charge in [-0.05, 0) is 56.8 Å². The van der Waals surface area contributed by atoms with Crippen LogP contribution < -0.4 is 9.62 Å². The third kappa shape index (κ3) is 5.42. The number of nitrogens with zero attached hydrogens (tertiary/aromatic N) is 2. The smallest absolute Gasteiger partial charge is 0.265 e. The molecule has 0 fully saturated rings. The van der Waals surface area contributed by atoms with Gasteiger partial charge in [0.25, 0.3) is 10.0 Å². The fourth-order valence-electron chi connectivity index (χ4n) is 4.56. The molecule has 0 unspecified atom stereocenters. The second-order valence-electron chi connectivity index (χ2n) is 9.37. The van der Waals surface area contributed by atoms with E-state index in [-0.39, 0.29) is 48.7 Å². The molecule has 1 atom stereocenters. The first-order chi connectivity index (χ1) is 17.5. The van der Waals surface area contributed by atoms with Gasteiger partial charge in [0.05, 0.1) is 10.6 Å². The van der Waals surface area contributed by atoms with E-state index in [2.05, 4.69) is 5.32 Å². The number of benzene rings is 3. The lowest BCUT2D eigenvalue weighted by Gasteiger charge is -2.30. The average molecular weight is 563 g/mol. The maximum absolute atomic E-state index is 13.4. The predicted molar refractivity (Wildman–Crippen MR) is 147 cm³/mol. The van der Waals surface area contributed by atoms with Crippen LogP contribution in [0.15, 0.2) is 59.5 Å². The van der Waals surface area contributed by atoms with Crippen molar-refractivity contribution < 1.29 is 18.0 Å². The molecule has 1 N–H and O–H groups in total. The Morgan fingerprint density at radius 3 is 2.24 bits per heavy atom. The van der Waals surface area contributed by atoms with Crippen molar-refractivity contribution in [3.63, 3.8) is 0 Å². The molecule has 4 rings (SSSR count). The van der Waals surface area contributed by atoms with Crippen molar-refractivity contribution in [2.45, 2.75) is 57.1 Å². The van der Waals surface area contributed by atoms with Crippen LogP contribution in [0.5, 0.6) is 0 Å². The summed E-state index contributed by atoms with van der Waals surface area (Å²) < 4.78 is 27.8. The highest BCUT2D eigenvalue weighted by atomic mass is 35.5. The highest BCUT2D eigenvalue weighted by Crippen LogP contribution is 2.42. The SMILES string of the molecule is CC(C)NC(=O)[C@H](C)N(Cc1c(Cl)cccc1Cl)C(=O)CCCN1c2cccc3cccc(c23)S1(=O)=O. The van der Waals surface area contributed by atoms with Crippen LogP contribution in [0.1, 0.15) is 39.2 Å². The van der Waals surface area contributed by atoms with E-state index in [1.54, 1.807) is 43.3 Å². The van der Waals surface area contributed by atoms with Crippen molar-refractivity contribution in [3.8, 4) is 0 Å². The van der Waals surface area contributed by atoms with Gasteiger partial charge in [0.2, 0.25) is 11.8 Å². The molecule has 0 aromatic heterocycles. The normalized spacial score (nSPS) is 14.7. The zero-order chi connectivity index (χ0) is 26.9. The average Bonchev–Trinajstić information content (AvgIpc) is 3.06. The first-order valence-corrected chi connectivity index (χ1v) is 14.3. The molecule has 2 amide bonds. The van der Waals surface area contributed by atoms with Crippen molar-refractivity contribution in [3.05, 3.63) is 70.2 Å². The fraction of sp³-hybridized carbons (Fsp3) is 0.333. The van der Waals surface area contributed by atoms with Gasteiger partial charge >= 0.3 is 0 Å². The summed E-state index contributed by atoms with van der Waals surface area (Å²) in [7, 11) is -3.71. The number of nitrogens with one attached hydrogen (secondary N) is 1. The lowest BCUT2D eigenvalue weighted by atomic mass is 10.1. The quantitative estimate of drug-likeness (QED) is 0.380. The van der Waals surface area contributed by atoms with Crippen molar-refractivity contribution in [2.24, 2.45) is 0 Å². The molecule has 0 aliphatic carbocycles. The first-order valence-electron chi connectivity index (χ1n) is 12.1. The summed E-state index contributed by atoms with van der Waals surface area (Å²) >= 11 is 12.7. The first kappa shape index (κ1) is 27.2. The van der Waals surface area contributed by atoms with Crippen LogP contribution >= 0.6 is 23.2 Å². The van der Waals surface area contributed by atoms with Crippen molar-refractivity contribution in [1.82, 2.24) is 10.2 Å². The molecule has 0 saturated carbocycles. The molecule has 3 aromatic rings. The summed E-state index contributed by atoms with van der Waals surface area (Å²) in [5.41, 5.74) is 1.16. The van der Waals surface area contributed by atoms with Gasteiger partial charge < -0.3 is 10.2 Å². The van der Waals surface area contributed by atoms with Crippen LogP contribution in [0, 0.1) is 0 Å². The minimum Gasteiger partial charge on any atom is -0.352 e. The van der Waals surface area contributed by atoms with E-state index >= 15 is 0 Å². The van der Waals surface area contributed by atoms with Gasteiger partial charge in [-0.3, -0.25) is 13.9 Å². The Labute approximate surface area is 227 Å². The van der Waals surface area contributed by atoms with Gasteiger partial charge in [0, 0.05) is 46.5 Å². The molecular weight excluding hydrogens is 533 g/mol. The van der Waals surface area contributed by atoms with E-state index in [4.69, 9.17) is 23.2 Å². The summed E-state index contributed by atoms with van der Waals surface area (Å²) in [4.78, 5) is 28.0. The van der Waals surface area contributed by atoms with Crippen LogP contribution in [0.4, 0.5) is 5.69 Å². The number of carbonyl (C=O) groups excluding carboxylic acids is 2. The minimum absolute atomic E-state index is 0.0414. The van der Waals surface area contributed by atoms with Crippen LogP contribution in [-0.4, -0.2) is 43.8 Å². The summed E-state index contributed by atoms with van der Waals surface area (Å²) in [6.45, 7) is 5.53. The van der Waals surface area contributed by atoms with Crippen molar-refractivity contribution >= 4 is 61.5 Å². The Morgan fingerprint density at radius 2 is 1.59 bits per heavy atom. The third-order valence-corrected chi connectivity index (χ3v) is 8.99. The third-order valence-electron chi connectivity index (χ3n) is 6.42. The highest BCUT2D eigenvalue weighted by molar-refractivity contribution is 7.93. The highest BCUT2D eigenvalue weighted by Gasteiger charge is 2.35. The number of carbonyl (C=O) groups is 2. The van der Waals surface area contributed by atoms with Crippen LogP contribution in [0.2, 0.25) is 10.0 Å². The van der Waals surface area contributed by atoms with Crippen LogP contribution in [-0.2, 0) is 26.2 Å². The summed E-state index contributed by atoms with van der Waals surface area (Å²) in [5.74, 6) is -0.592. The number of rotatable bonds is 9. The van der Waals surface area contributed by atoms with Gasteiger partial charge in [-0.15, -0.1) is 0 Å². The Hall–Kier alpha value is -2.81. The predicted octanol–water partition coefficient (Wildman–Crippen LogP) is 5.38. The standard InChI is InChI=1S/C27H29Cl2N3O4S/c1-17(2)30-27(34)18(3)31(16-20-21(28)10-6-11-22(20)29)25(33)14-7-15-32-23-12-4-8-19-9-5-13-24(26(19)23)37(32,35)36/h4-6,8-13,17-18H,7,14-16H2,1-3H3,(H,30,34)/t18-/m0/s1. The molecule has 37 heavy (non-hydrogen) atoms. The van der Waals surface area contributed by atoms with Gasteiger partial charge in [0.1, 0.15) is 6.04 Å². The summed E-state index contributed by atoms with van der Waals surface area (Å²) in [6, 6.07) is 14.9. The lowest BCUT2D eigenvalue weighted by Crippen LogP contribution is -2.49. The van der Waals surface area contributed by atoms with Crippen LogP contribution in [0.25, 0.3) is 10.8 Å². The maximum atomic E-state index is 13.4. The van der Waals surface area contributed by atoms with E-state index in [9.17, 15) is 18.0 Å². The molecule has 0 bridgehead atoms. The second kappa shape index (κ2) is 10.9. The number of hydrogen-bond acceptors (Lipinski definition) is 4. The molecule has 1 aliphatic rings. The molecule has 3 aromatic carbocycles. The molecule has 10 heteroatoms. The lowest BCUT2D eigenvalue weighted by molar-refractivity contribution is -0.140. The van der Waals surface area contributed by atoms with Gasteiger partial charge in [-0.25, -0.2) is 8.42 Å². The Balaban J connectivity index is 1.53. The van der Waals surface area contributed by atoms with Crippen molar-refractivity contribution in [2.75, 3.05) is 10.8 Å². The molecular formula is C27H29Cl2N3O4S. The van der Waals surface area contributed by atoms with E-state index in [1.807, 2.05) is 32.0 Å². The number of hydrogen-bond donors (Lipinski definition) is 1. The molecule has 7 nitrogen and oxygen atoms in total. The van der Waals surface area contributed by atoms with E-state index in [0.717, 1.165) is 5.39 Å². The van der Waals surface area contributed by atoms with E-state index in [0.29, 0.717) is 26.7 Å². The number of halogens is 2. The Kier molecular flexibility index (Phi) is 8.02. The monoisotopic (exact) mass is 561 g/mol. The van der Waals surface area contributed by atoms with E-state index < -0.39 is 16.1 Å². The second-order valence-corrected chi connectivity index (χ2v) is 12.0. The molecule has 0 spiro atoms. The Morgan fingerprint density at radius 1 is 0.973 bits per heavy atom. The number of anilines is 1. The summed E-state index contributed by atoms with van der Waals surface area (Å²) in [6.07, 6.45) is 0.313. The minimum atomic E-state index is -3.71. The van der Waals surface area contributed by atoms with Crippen LogP contribution in [0.3, 0.4) is 0 Å². The fourth-order valence-corrected chi connectivity index (χ4v) is 6.82. The summed E-state index contributed by atoms with van der Waals surface area (Å²) in [5, 5.41) is 5.19. The Bertz CT molecular complexity index is 1430. The number of sulfonamides is 1. The van der Waals surface area contributed by atoms with Gasteiger partial charge in [-0.2, -0.15) is 0 Å². The number of amides is 2. The largest absolute Gasteiger partial charge is 0.352 e. The molecule has 1 heterocycles. The van der Waals surface area contributed by atoms with E-state index in [1.165, 1.54) is 9.21 Å². The molecule has 0 radical (unpaired) electrons. The molecule has 1 aliphatic heterocycles. The maximum Gasteiger partial charge on any atom is 0.265 e. The van der Waals surface area contributed by atoms with Crippen molar-refractivity contribution in [1.29, 1.82) is 0 Å². The topological polar surface area (TPSA) is 86.8 Å². The van der Waals surface area contributed by atoms with Gasteiger partial charge in [0.15, 0.2) is 0 Å². The van der Waals surface area contributed by atoms with Gasteiger partial charge in [-0.1, -0.05) is 53.5 Å². The zero-order valence-electron chi connectivity index (χ0n) is 20.9. The molecule has 0 saturated heterocycles. The zero-order valence-corrected chi connectivity index (χ0v) is 23.2. The molecule has 196 valence electrons.